The van der Waals surface area contributed by atoms with E-state index in [9.17, 15) is 4.79 Å². The monoisotopic (exact) mass is 259 g/mol. The van der Waals surface area contributed by atoms with Gasteiger partial charge in [0.15, 0.2) is 0 Å². The van der Waals surface area contributed by atoms with Gasteiger partial charge in [0.2, 0.25) is 5.91 Å². The van der Waals surface area contributed by atoms with Crippen molar-refractivity contribution >= 4 is 17.7 Å². The Balaban J connectivity index is 3.44. The molecule has 0 spiro atoms. The van der Waals surface area contributed by atoms with E-state index in [1.807, 2.05) is 0 Å². The Morgan fingerprint density at radius 1 is 1.00 bits per heavy atom. The van der Waals surface area contributed by atoms with Gasteiger partial charge in [-0.1, -0.05) is 58.8 Å². The molecule has 3 heteroatoms. The highest BCUT2D eigenvalue weighted by Crippen LogP contribution is 2.19. The van der Waals surface area contributed by atoms with Gasteiger partial charge in [0, 0.05) is 0 Å². The predicted octanol–water partition coefficient (Wildman–Crippen LogP) is 4.12. The van der Waals surface area contributed by atoms with Crippen molar-refractivity contribution in [2.45, 2.75) is 76.9 Å². The Kier molecular flexibility index (Phi) is 12.2. The average molecular weight is 259 g/mol. The molecule has 2 N–H and O–H groups in total. The number of hydrogen-bond donors (Lipinski definition) is 1. The van der Waals surface area contributed by atoms with E-state index in [0.29, 0.717) is 0 Å². The normalized spacial score (nSPS) is 12.6. The van der Waals surface area contributed by atoms with E-state index < -0.39 is 0 Å². The highest BCUT2D eigenvalue weighted by Gasteiger charge is 2.14. The molecular weight excluding hydrogens is 230 g/mol. The lowest BCUT2D eigenvalue weighted by Gasteiger charge is -2.12. The van der Waals surface area contributed by atoms with Gasteiger partial charge in [0.05, 0.1) is 5.25 Å². The second kappa shape index (κ2) is 12.3. The van der Waals surface area contributed by atoms with Crippen molar-refractivity contribution in [2.24, 2.45) is 5.73 Å². The molecule has 0 fully saturated rings. The topological polar surface area (TPSA) is 43.1 Å². The van der Waals surface area contributed by atoms with Gasteiger partial charge in [-0.2, -0.15) is 0 Å². The fourth-order valence-corrected chi connectivity index (χ4v) is 2.96. The zero-order valence-electron chi connectivity index (χ0n) is 11.5. The lowest BCUT2D eigenvalue weighted by molar-refractivity contribution is -0.117. The first-order valence-electron chi connectivity index (χ1n) is 7.13. The van der Waals surface area contributed by atoms with Gasteiger partial charge in [-0.25, -0.2) is 0 Å². The van der Waals surface area contributed by atoms with Gasteiger partial charge in [-0.05, 0) is 18.6 Å². The number of amides is 1. The van der Waals surface area contributed by atoms with E-state index in [2.05, 4.69) is 13.8 Å². The number of rotatable bonds is 12. The summed E-state index contributed by atoms with van der Waals surface area (Å²) in [7, 11) is 0. The minimum atomic E-state index is -0.130. The van der Waals surface area contributed by atoms with Crippen molar-refractivity contribution in [1.82, 2.24) is 0 Å². The van der Waals surface area contributed by atoms with E-state index in [0.717, 1.165) is 25.0 Å². The largest absolute Gasteiger partial charge is 0.369 e. The Labute approximate surface area is 111 Å². The van der Waals surface area contributed by atoms with E-state index in [-0.39, 0.29) is 11.2 Å². The van der Waals surface area contributed by atoms with Gasteiger partial charge in [-0.3, -0.25) is 4.79 Å². The van der Waals surface area contributed by atoms with Crippen molar-refractivity contribution in [1.29, 1.82) is 0 Å². The molecule has 0 aromatic carbocycles. The Bertz CT molecular complexity index is 185. The molecule has 0 aliphatic heterocycles. The molecule has 0 aromatic rings. The Hall–Kier alpha value is -0.180. The summed E-state index contributed by atoms with van der Waals surface area (Å²) in [5.41, 5.74) is 5.40. The molecule has 0 aliphatic carbocycles. The van der Waals surface area contributed by atoms with Crippen LogP contribution >= 0.6 is 11.8 Å². The van der Waals surface area contributed by atoms with Crippen LogP contribution in [0.2, 0.25) is 0 Å². The van der Waals surface area contributed by atoms with Crippen LogP contribution in [-0.2, 0) is 4.79 Å². The number of nitrogens with two attached hydrogens (primary N) is 1. The molecular formula is C14H29NOS. The van der Waals surface area contributed by atoms with E-state index >= 15 is 0 Å². The number of carbonyl (C=O) groups is 1. The summed E-state index contributed by atoms with van der Waals surface area (Å²) in [6.07, 6.45) is 11.1. The van der Waals surface area contributed by atoms with E-state index in [4.69, 9.17) is 5.73 Å². The first-order chi connectivity index (χ1) is 8.22. The summed E-state index contributed by atoms with van der Waals surface area (Å²) < 4.78 is 0. The molecule has 1 amide bonds. The van der Waals surface area contributed by atoms with Crippen molar-refractivity contribution in [3.8, 4) is 0 Å². The standard InChI is InChI=1S/C14H29NOS/c1-3-5-7-8-9-10-12-17-13(14(15)16)11-6-4-2/h13H,3-12H2,1-2H3,(H2,15,16). The number of hydrogen-bond acceptors (Lipinski definition) is 2. The quantitative estimate of drug-likeness (QED) is 0.536. The zero-order chi connectivity index (χ0) is 12.9. The third kappa shape index (κ3) is 10.7. The highest BCUT2D eigenvalue weighted by molar-refractivity contribution is 8.00. The molecule has 0 bridgehead atoms. The molecule has 0 rings (SSSR count). The van der Waals surface area contributed by atoms with Crippen molar-refractivity contribution in [3.63, 3.8) is 0 Å². The maximum absolute atomic E-state index is 11.2. The first kappa shape index (κ1) is 16.8. The maximum Gasteiger partial charge on any atom is 0.230 e. The van der Waals surface area contributed by atoms with Gasteiger partial charge in [0.25, 0.3) is 0 Å². The summed E-state index contributed by atoms with van der Waals surface area (Å²) >= 11 is 1.76. The smallest absolute Gasteiger partial charge is 0.230 e. The van der Waals surface area contributed by atoms with E-state index in [1.54, 1.807) is 11.8 Å². The van der Waals surface area contributed by atoms with Crippen LogP contribution in [0.25, 0.3) is 0 Å². The number of thioether (sulfide) groups is 1. The Morgan fingerprint density at radius 3 is 2.18 bits per heavy atom. The van der Waals surface area contributed by atoms with Crippen LogP contribution < -0.4 is 5.73 Å². The predicted molar refractivity (Wildman–Crippen MR) is 78.3 cm³/mol. The fraction of sp³-hybridized carbons (Fsp3) is 0.929. The molecule has 1 atom stereocenters. The van der Waals surface area contributed by atoms with Crippen molar-refractivity contribution < 1.29 is 4.79 Å². The van der Waals surface area contributed by atoms with Crippen LogP contribution in [0.3, 0.4) is 0 Å². The second-order valence-corrected chi connectivity index (χ2v) is 5.98. The number of unbranched alkanes of at least 4 members (excludes halogenated alkanes) is 6. The molecule has 0 heterocycles. The fourth-order valence-electron chi connectivity index (χ4n) is 1.81. The molecule has 0 saturated heterocycles. The van der Waals surface area contributed by atoms with Crippen molar-refractivity contribution in [3.05, 3.63) is 0 Å². The Morgan fingerprint density at radius 2 is 1.59 bits per heavy atom. The average Bonchev–Trinajstić information content (AvgIpc) is 2.31. The third-order valence-corrected chi connectivity index (χ3v) is 4.35. The van der Waals surface area contributed by atoms with Gasteiger partial charge < -0.3 is 5.73 Å². The minimum Gasteiger partial charge on any atom is -0.369 e. The van der Waals surface area contributed by atoms with Gasteiger partial charge in [0.1, 0.15) is 0 Å². The molecule has 0 saturated carbocycles. The lowest BCUT2D eigenvalue weighted by Crippen LogP contribution is -2.26. The van der Waals surface area contributed by atoms with E-state index in [1.165, 1.54) is 38.5 Å². The summed E-state index contributed by atoms with van der Waals surface area (Å²) in [5.74, 6) is 0.957. The van der Waals surface area contributed by atoms with Crippen LogP contribution in [0.5, 0.6) is 0 Å². The molecule has 102 valence electrons. The van der Waals surface area contributed by atoms with Crippen LogP contribution in [0, 0.1) is 0 Å². The van der Waals surface area contributed by atoms with Crippen LogP contribution in [0.4, 0.5) is 0 Å². The second-order valence-electron chi connectivity index (χ2n) is 4.67. The molecule has 0 aromatic heterocycles. The molecule has 17 heavy (non-hydrogen) atoms. The third-order valence-electron chi connectivity index (χ3n) is 2.95. The van der Waals surface area contributed by atoms with Crippen LogP contribution in [0.1, 0.15) is 71.6 Å². The minimum absolute atomic E-state index is 0.0468. The highest BCUT2D eigenvalue weighted by atomic mass is 32.2. The SMILES string of the molecule is CCCCCCCCSC(CCCC)C(N)=O. The number of carbonyl (C=O) groups excluding carboxylic acids is 1. The maximum atomic E-state index is 11.2. The summed E-state index contributed by atoms with van der Waals surface area (Å²) in [6, 6.07) is 0. The number of primary amides is 1. The van der Waals surface area contributed by atoms with Crippen LogP contribution in [-0.4, -0.2) is 16.9 Å². The summed E-state index contributed by atoms with van der Waals surface area (Å²) in [4.78, 5) is 11.2. The first-order valence-corrected chi connectivity index (χ1v) is 8.18. The molecule has 0 aliphatic rings. The summed E-state index contributed by atoms with van der Waals surface area (Å²) in [5, 5.41) is 0.0468. The zero-order valence-corrected chi connectivity index (χ0v) is 12.4. The lowest BCUT2D eigenvalue weighted by atomic mass is 10.1. The molecule has 2 nitrogen and oxygen atoms in total. The van der Waals surface area contributed by atoms with Gasteiger partial charge in [-0.15, -0.1) is 11.8 Å². The van der Waals surface area contributed by atoms with Crippen LogP contribution in [0.15, 0.2) is 0 Å². The molecule has 0 radical (unpaired) electrons. The van der Waals surface area contributed by atoms with Crippen molar-refractivity contribution in [2.75, 3.05) is 5.75 Å². The molecule has 1 unspecified atom stereocenters. The summed E-state index contributed by atoms with van der Waals surface area (Å²) in [6.45, 7) is 4.39. The van der Waals surface area contributed by atoms with Gasteiger partial charge >= 0.3 is 0 Å².